The Hall–Kier alpha value is -1.53. The van der Waals surface area contributed by atoms with Gasteiger partial charge in [0.1, 0.15) is 54.9 Å². The maximum Gasteiger partial charge on any atom is 0.306 e. The maximum atomic E-state index is 12.3. The minimum atomic E-state index is -1.70. The summed E-state index contributed by atoms with van der Waals surface area (Å²) in [5, 5.41) is 71.0. The quantitative estimate of drug-likeness (QED) is 0.0386. The van der Waals surface area contributed by atoms with Gasteiger partial charge < -0.3 is 64.2 Å². The first kappa shape index (κ1) is 44.6. The van der Waals surface area contributed by atoms with Crippen LogP contribution in [-0.2, 0) is 33.2 Å². The Kier molecular flexibility index (Phi) is 23.4. The third-order valence-electron chi connectivity index (χ3n) is 8.68. The lowest BCUT2D eigenvalue weighted by atomic mass is 9.98. The summed E-state index contributed by atoms with van der Waals surface area (Å²) in [4.78, 5) is 12.3. The minimum absolute atomic E-state index is 0.0488. The molecular formula is C36H64O14. The Morgan fingerprint density at radius 3 is 1.88 bits per heavy atom. The standard InChI is InChI=1S/C36H64O14/c1-3-5-6-7-8-9-10-11-12-13-14-15-16-17-18-20-45-22-25(48-28(38)19-4-2)23-46-35-34(44)32(42)30(40)27(50-35)24-47-36-33(43)31(41)29(39)26(21-37)49-36/h7-8,10-11,25-27,29-37,39-44H,3-6,9,12-24H2,1-2H3/b8-7-,11-10-. The SMILES string of the molecule is CCCC/C=C\C/C=C\CCCCCCCCOCC(COC1OC(COC2OC(CO)C(O)C(O)C2O)C(O)C(O)C1O)OC(=O)CCC. The van der Waals surface area contributed by atoms with E-state index in [1.54, 1.807) is 0 Å². The Morgan fingerprint density at radius 2 is 1.24 bits per heavy atom. The number of ether oxygens (including phenoxy) is 6. The first-order valence-corrected chi connectivity index (χ1v) is 18.4. The molecule has 50 heavy (non-hydrogen) atoms. The molecule has 0 aliphatic carbocycles. The van der Waals surface area contributed by atoms with Gasteiger partial charge in [0.2, 0.25) is 0 Å². The Morgan fingerprint density at radius 1 is 0.660 bits per heavy atom. The molecule has 2 fully saturated rings. The molecule has 14 nitrogen and oxygen atoms in total. The normalized spacial score (nSPS) is 31.1. The molecule has 11 unspecified atom stereocenters. The number of aliphatic hydroxyl groups is 7. The van der Waals surface area contributed by atoms with Crippen molar-refractivity contribution in [2.75, 3.05) is 33.0 Å². The van der Waals surface area contributed by atoms with Gasteiger partial charge in [-0.1, -0.05) is 76.7 Å². The fourth-order valence-electron chi connectivity index (χ4n) is 5.57. The number of hydrogen-bond donors (Lipinski definition) is 7. The molecule has 7 N–H and O–H groups in total. The van der Waals surface area contributed by atoms with Crippen molar-refractivity contribution in [3.05, 3.63) is 24.3 Å². The zero-order valence-electron chi connectivity index (χ0n) is 29.9. The third-order valence-corrected chi connectivity index (χ3v) is 8.68. The van der Waals surface area contributed by atoms with E-state index in [4.69, 9.17) is 28.4 Å². The van der Waals surface area contributed by atoms with Crippen molar-refractivity contribution in [2.24, 2.45) is 0 Å². The molecule has 0 saturated carbocycles. The summed E-state index contributed by atoms with van der Waals surface area (Å²) in [5.74, 6) is -0.436. The predicted molar refractivity (Wildman–Crippen MR) is 183 cm³/mol. The van der Waals surface area contributed by atoms with Gasteiger partial charge in [0, 0.05) is 13.0 Å². The maximum absolute atomic E-state index is 12.3. The summed E-state index contributed by atoms with van der Waals surface area (Å²) in [6, 6.07) is 0. The van der Waals surface area contributed by atoms with E-state index in [0.717, 1.165) is 44.9 Å². The molecule has 0 amide bonds. The summed E-state index contributed by atoms with van der Waals surface area (Å²) in [6.45, 7) is 3.20. The fraction of sp³-hybridized carbons (Fsp3) is 0.861. The third kappa shape index (κ3) is 16.4. The number of hydrogen-bond acceptors (Lipinski definition) is 14. The monoisotopic (exact) mass is 720 g/mol. The number of aliphatic hydroxyl groups excluding tert-OH is 7. The summed E-state index contributed by atoms with van der Waals surface area (Å²) in [7, 11) is 0. The van der Waals surface area contributed by atoms with E-state index in [2.05, 4.69) is 31.2 Å². The van der Waals surface area contributed by atoms with Gasteiger partial charge in [0.15, 0.2) is 12.6 Å². The van der Waals surface area contributed by atoms with Gasteiger partial charge in [-0.15, -0.1) is 0 Å². The van der Waals surface area contributed by atoms with Crippen molar-refractivity contribution in [2.45, 2.75) is 165 Å². The van der Waals surface area contributed by atoms with Crippen LogP contribution >= 0.6 is 0 Å². The van der Waals surface area contributed by atoms with Crippen LogP contribution in [0.1, 0.15) is 97.3 Å². The van der Waals surface area contributed by atoms with Gasteiger partial charge in [-0.25, -0.2) is 0 Å². The van der Waals surface area contributed by atoms with Gasteiger partial charge >= 0.3 is 5.97 Å². The van der Waals surface area contributed by atoms with E-state index in [-0.39, 0.29) is 19.6 Å². The lowest BCUT2D eigenvalue weighted by Crippen LogP contribution is -2.61. The van der Waals surface area contributed by atoms with Crippen LogP contribution in [0.15, 0.2) is 24.3 Å². The molecule has 0 spiro atoms. The first-order chi connectivity index (χ1) is 24.1. The number of carbonyl (C=O) groups excluding carboxylic acids is 1. The van der Waals surface area contributed by atoms with Crippen molar-refractivity contribution in [3.8, 4) is 0 Å². The Labute approximate surface area is 297 Å². The largest absolute Gasteiger partial charge is 0.457 e. The van der Waals surface area contributed by atoms with E-state index in [0.29, 0.717) is 13.0 Å². The van der Waals surface area contributed by atoms with Crippen LogP contribution in [0.5, 0.6) is 0 Å². The summed E-state index contributed by atoms with van der Waals surface area (Å²) < 4.78 is 33.4. The predicted octanol–water partition coefficient (Wildman–Crippen LogP) is 1.78. The number of carbonyl (C=O) groups is 1. The Bertz CT molecular complexity index is 932. The minimum Gasteiger partial charge on any atom is -0.457 e. The summed E-state index contributed by atoms with van der Waals surface area (Å²) >= 11 is 0. The highest BCUT2D eigenvalue weighted by Crippen LogP contribution is 2.26. The van der Waals surface area contributed by atoms with Crippen molar-refractivity contribution in [1.29, 1.82) is 0 Å². The molecule has 2 aliphatic rings. The van der Waals surface area contributed by atoms with Crippen LogP contribution < -0.4 is 0 Å². The van der Waals surface area contributed by atoms with Crippen LogP contribution in [-0.4, -0.2) is 142 Å². The zero-order valence-corrected chi connectivity index (χ0v) is 29.9. The molecule has 2 heterocycles. The molecule has 0 bridgehead atoms. The highest BCUT2D eigenvalue weighted by molar-refractivity contribution is 5.69. The van der Waals surface area contributed by atoms with E-state index >= 15 is 0 Å². The van der Waals surface area contributed by atoms with Gasteiger partial charge in [-0.2, -0.15) is 0 Å². The van der Waals surface area contributed by atoms with E-state index in [1.807, 2.05) is 6.92 Å². The van der Waals surface area contributed by atoms with Crippen molar-refractivity contribution < 1.29 is 69.0 Å². The second-order valence-electron chi connectivity index (χ2n) is 13.0. The smallest absolute Gasteiger partial charge is 0.306 e. The van der Waals surface area contributed by atoms with Gasteiger partial charge in [0.25, 0.3) is 0 Å². The first-order valence-electron chi connectivity index (χ1n) is 18.4. The topological polar surface area (TPSA) is 214 Å². The molecular weight excluding hydrogens is 656 g/mol. The van der Waals surface area contributed by atoms with Crippen LogP contribution in [0.4, 0.5) is 0 Å². The van der Waals surface area contributed by atoms with Gasteiger partial charge in [0.05, 0.1) is 26.4 Å². The van der Waals surface area contributed by atoms with E-state index < -0.39 is 86.7 Å². The van der Waals surface area contributed by atoms with Crippen LogP contribution in [0.2, 0.25) is 0 Å². The fourth-order valence-corrected chi connectivity index (χ4v) is 5.57. The second-order valence-corrected chi connectivity index (χ2v) is 13.0. The molecule has 14 heteroatoms. The second kappa shape index (κ2) is 26.3. The summed E-state index contributed by atoms with van der Waals surface area (Å²) in [5.41, 5.74) is 0. The van der Waals surface area contributed by atoms with E-state index in [1.165, 1.54) is 25.7 Å². The Balaban J connectivity index is 1.73. The molecule has 11 atom stereocenters. The molecule has 2 rings (SSSR count). The van der Waals surface area contributed by atoms with Gasteiger partial charge in [-0.3, -0.25) is 4.79 Å². The van der Waals surface area contributed by atoms with Gasteiger partial charge in [-0.05, 0) is 38.5 Å². The number of allylic oxidation sites excluding steroid dienone is 4. The zero-order chi connectivity index (χ0) is 36.7. The van der Waals surface area contributed by atoms with Crippen molar-refractivity contribution >= 4 is 5.97 Å². The summed E-state index contributed by atoms with van der Waals surface area (Å²) in [6.07, 6.45) is 5.87. The highest BCUT2D eigenvalue weighted by Gasteiger charge is 2.47. The molecule has 2 aliphatic heterocycles. The van der Waals surface area contributed by atoms with Crippen molar-refractivity contribution in [1.82, 2.24) is 0 Å². The highest BCUT2D eigenvalue weighted by atomic mass is 16.7. The lowest BCUT2D eigenvalue weighted by molar-refractivity contribution is -0.332. The number of esters is 1. The van der Waals surface area contributed by atoms with Crippen LogP contribution in [0.25, 0.3) is 0 Å². The molecule has 0 aromatic rings. The molecule has 292 valence electrons. The van der Waals surface area contributed by atoms with Crippen molar-refractivity contribution in [3.63, 3.8) is 0 Å². The van der Waals surface area contributed by atoms with E-state index in [9.17, 15) is 40.5 Å². The number of unbranched alkanes of at least 4 members (excludes halogenated alkanes) is 8. The van der Waals surface area contributed by atoms with Crippen LogP contribution in [0, 0.1) is 0 Å². The molecule has 0 aromatic carbocycles. The lowest BCUT2D eigenvalue weighted by Gasteiger charge is -2.42. The number of rotatable bonds is 26. The average molecular weight is 721 g/mol. The molecule has 0 aromatic heterocycles. The molecule has 2 saturated heterocycles. The average Bonchev–Trinajstić information content (AvgIpc) is 3.10. The van der Waals surface area contributed by atoms with Crippen LogP contribution in [0.3, 0.4) is 0 Å². The molecule has 0 radical (unpaired) electrons.